The second-order valence-electron chi connectivity index (χ2n) is 3.68. The van der Waals surface area contributed by atoms with Crippen molar-refractivity contribution in [1.29, 1.82) is 0 Å². The van der Waals surface area contributed by atoms with Crippen molar-refractivity contribution in [2.24, 2.45) is 0 Å². The van der Waals surface area contributed by atoms with E-state index in [1.54, 1.807) is 12.3 Å². The number of nitrogens with zero attached hydrogens (tertiary/aromatic N) is 1. The maximum atomic E-state index is 11.0. The Bertz CT molecular complexity index is 347. The van der Waals surface area contributed by atoms with Crippen LogP contribution in [0.2, 0.25) is 0 Å². The Morgan fingerprint density at radius 1 is 1.47 bits per heavy atom. The number of hydrogen-bond donors (Lipinski definition) is 1. The zero-order chi connectivity index (χ0) is 11.3. The minimum Gasteiger partial charge on any atom is -0.478 e. The average molecular weight is 207 g/mol. The number of unbranched alkanes of at least 4 members (excludes halogenated alkanes) is 2. The molecule has 0 aliphatic rings. The quantitative estimate of drug-likeness (QED) is 0.755. The van der Waals surface area contributed by atoms with E-state index in [9.17, 15) is 4.79 Å². The molecule has 1 rings (SSSR count). The zero-order valence-electron chi connectivity index (χ0n) is 9.29. The molecule has 82 valence electrons. The summed E-state index contributed by atoms with van der Waals surface area (Å²) < 4.78 is 0. The lowest BCUT2D eigenvalue weighted by Gasteiger charge is -2.08. The van der Waals surface area contributed by atoms with Crippen molar-refractivity contribution in [2.45, 2.75) is 39.5 Å². The molecule has 1 heterocycles. The molecular formula is C12H17NO2. The standard InChI is InChI=1S/C12H17NO2/c1-3-4-5-6-10-9(2)13-8-7-11(10)12(14)15/h7-8H,3-6H2,1-2H3,(H,14,15). The van der Waals surface area contributed by atoms with Gasteiger partial charge in [-0.05, 0) is 31.4 Å². The summed E-state index contributed by atoms with van der Waals surface area (Å²) in [4.78, 5) is 15.1. The smallest absolute Gasteiger partial charge is 0.336 e. The van der Waals surface area contributed by atoms with Crippen molar-refractivity contribution in [3.8, 4) is 0 Å². The predicted molar refractivity (Wildman–Crippen MR) is 59.2 cm³/mol. The van der Waals surface area contributed by atoms with Crippen LogP contribution in [0.25, 0.3) is 0 Å². The van der Waals surface area contributed by atoms with Crippen LogP contribution in [-0.2, 0) is 6.42 Å². The summed E-state index contributed by atoms with van der Waals surface area (Å²) in [5.74, 6) is -0.855. The second-order valence-corrected chi connectivity index (χ2v) is 3.68. The summed E-state index contributed by atoms with van der Waals surface area (Å²) in [6.45, 7) is 4.00. The van der Waals surface area contributed by atoms with Gasteiger partial charge in [-0.3, -0.25) is 4.98 Å². The molecule has 0 fully saturated rings. The highest BCUT2D eigenvalue weighted by atomic mass is 16.4. The molecule has 3 nitrogen and oxygen atoms in total. The van der Waals surface area contributed by atoms with Crippen LogP contribution in [-0.4, -0.2) is 16.1 Å². The Labute approximate surface area is 90.2 Å². The van der Waals surface area contributed by atoms with E-state index in [2.05, 4.69) is 11.9 Å². The SMILES string of the molecule is CCCCCc1c(C(=O)O)ccnc1C. The van der Waals surface area contributed by atoms with E-state index < -0.39 is 5.97 Å². The molecule has 0 aromatic carbocycles. The lowest BCUT2D eigenvalue weighted by molar-refractivity contribution is 0.0695. The highest BCUT2D eigenvalue weighted by Gasteiger charge is 2.11. The van der Waals surface area contributed by atoms with Crippen molar-refractivity contribution >= 4 is 5.97 Å². The van der Waals surface area contributed by atoms with E-state index in [0.717, 1.165) is 36.9 Å². The number of pyridine rings is 1. The predicted octanol–water partition coefficient (Wildman–Crippen LogP) is 2.82. The Hall–Kier alpha value is -1.38. The molecule has 0 radical (unpaired) electrons. The molecule has 0 saturated heterocycles. The average Bonchev–Trinajstić information content (AvgIpc) is 2.20. The van der Waals surface area contributed by atoms with Crippen molar-refractivity contribution in [3.63, 3.8) is 0 Å². The Morgan fingerprint density at radius 3 is 2.80 bits per heavy atom. The molecule has 0 unspecified atom stereocenters. The highest BCUT2D eigenvalue weighted by molar-refractivity contribution is 5.89. The van der Waals surface area contributed by atoms with Crippen molar-refractivity contribution in [1.82, 2.24) is 4.98 Å². The molecule has 0 saturated carbocycles. The molecular weight excluding hydrogens is 190 g/mol. The number of aromatic carboxylic acids is 1. The minimum atomic E-state index is -0.855. The van der Waals surface area contributed by atoms with Gasteiger partial charge in [0.05, 0.1) is 5.56 Å². The first kappa shape index (κ1) is 11.7. The maximum Gasteiger partial charge on any atom is 0.336 e. The Kier molecular flexibility index (Phi) is 4.28. The van der Waals surface area contributed by atoms with Crippen molar-refractivity contribution in [3.05, 3.63) is 29.1 Å². The van der Waals surface area contributed by atoms with Crippen LogP contribution in [0.4, 0.5) is 0 Å². The van der Waals surface area contributed by atoms with Crippen LogP contribution in [0.15, 0.2) is 12.3 Å². The number of aromatic nitrogens is 1. The molecule has 1 N–H and O–H groups in total. The summed E-state index contributed by atoms with van der Waals surface area (Å²) in [7, 11) is 0. The van der Waals surface area contributed by atoms with E-state index in [-0.39, 0.29) is 0 Å². The van der Waals surface area contributed by atoms with Gasteiger partial charge in [-0.15, -0.1) is 0 Å². The molecule has 0 atom stereocenters. The van der Waals surface area contributed by atoms with Gasteiger partial charge in [0.2, 0.25) is 0 Å². The Balaban J connectivity index is 2.87. The number of carboxylic acids is 1. The highest BCUT2D eigenvalue weighted by Crippen LogP contribution is 2.15. The van der Waals surface area contributed by atoms with Crippen LogP contribution in [0.3, 0.4) is 0 Å². The molecule has 1 aromatic heterocycles. The normalized spacial score (nSPS) is 10.3. The largest absolute Gasteiger partial charge is 0.478 e. The van der Waals surface area contributed by atoms with E-state index in [4.69, 9.17) is 5.11 Å². The third-order valence-corrected chi connectivity index (χ3v) is 2.53. The Morgan fingerprint density at radius 2 is 2.20 bits per heavy atom. The fourth-order valence-electron chi connectivity index (χ4n) is 1.66. The molecule has 0 bridgehead atoms. The van der Waals surface area contributed by atoms with Gasteiger partial charge in [-0.25, -0.2) is 4.79 Å². The third kappa shape index (κ3) is 3.05. The van der Waals surface area contributed by atoms with Gasteiger partial charge in [-0.1, -0.05) is 19.8 Å². The fourth-order valence-corrected chi connectivity index (χ4v) is 1.66. The summed E-state index contributed by atoms with van der Waals surface area (Å²) in [5.41, 5.74) is 2.13. The van der Waals surface area contributed by atoms with Crippen LogP contribution >= 0.6 is 0 Å². The molecule has 0 spiro atoms. The maximum absolute atomic E-state index is 11.0. The summed E-state index contributed by atoms with van der Waals surface area (Å²) in [6.07, 6.45) is 5.68. The van der Waals surface area contributed by atoms with Crippen LogP contribution in [0, 0.1) is 6.92 Å². The number of aryl methyl sites for hydroxylation is 1. The summed E-state index contributed by atoms with van der Waals surface area (Å²) in [5, 5.41) is 9.02. The topological polar surface area (TPSA) is 50.2 Å². The van der Waals surface area contributed by atoms with Crippen LogP contribution in [0.1, 0.15) is 47.8 Å². The van der Waals surface area contributed by atoms with Gasteiger partial charge in [0.15, 0.2) is 0 Å². The van der Waals surface area contributed by atoms with Crippen molar-refractivity contribution in [2.75, 3.05) is 0 Å². The van der Waals surface area contributed by atoms with E-state index >= 15 is 0 Å². The number of rotatable bonds is 5. The molecule has 1 aromatic rings. The fraction of sp³-hybridized carbons (Fsp3) is 0.500. The summed E-state index contributed by atoms with van der Waals surface area (Å²) in [6, 6.07) is 1.58. The van der Waals surface area contributed by atoms with E-state index in [1.807, 2.05) is 6.92 Å². The lowest BCUT2D eigenvalue weighted by atomic mass is 10.0. The number of carbonyl (C=O) groups is 1. The van der Waals surface area contributed by atoms with E-state index in [0.29, 0.717) is 5.56 Å². The second kappa shape index (κ2) is 5.49. The minimum absolute atomic E-state index is 0.401. The molecule has 0 amide bonds. The van der Waals surface area contributed by atoms with Crippen LogP contribution in [0.5, 0.6) is 0 Å². The third-order valence-electron chi connectivity index (χ3n) is 2.53. The van der Waals surface area contributed by atoms with Gasteiger partial charge in [0.25, 0.3) is 0 Å². The number of carboxylic acid groups (broad SMARTS) is 1. The van der Waals surface area contributed by atoms with E-state index in [1.165, 1.54) is 0 Å². The van der Waals surface area contributed by atoms with Gasteiger partial charge in [0, 0.05) is 11.9 Å². The molecule has 15 heavy (non-hydrogen) atoms. The first-order valence-electron chi connectivity index (χ1n) is 5.34. The molecule has 0 aliphatic heterocycles. The van der Waals surface area contributed by atoms with Gasteiger partial charge in [-0.2, -0.15) is 0 Å². The zero-order valence-corrected chi connectivity index (χ0v) is 9.29. The van der Waals surface area contributed by atoms with Gasteiger partial charge >= 0.3 is 5.97 Å². The van der Waals surface area contributed by atoms with Gasteiger partial charge < -0.3 is 5.11 Å². The lowest BCUT2D eigenvalue weighted by Crippen LogP contribution is -2.05. The number of hydrogen-bond acceptors (Lipinski definition) is 2. The molecule has 0 aliphatic carbocycles. The van der Waals surface area contributed by atoms with Gasteiger partial charge in [0.1, 0.15) is 0 Å². The molecule has 3 heteroatoms. The van der Waals surface area contributed by atoms with Crippen molar-refractivity contribution < 1.29 is 9.90 Å². The van der Waals surface area contributed by atoms with Crippen LogP contribution < -0.4 is 0 Å². The monoisotopic (exact) mass is 207 g/mol. The summed E-state index contributed by atoms with van der Waals surface area (Å²) >= 11 is 0. The first-order valence-corrected chi connectivity index (χ1v) is 5.34. The first-order chi connectivity index (χ1) is 7.16.